The predicted molar refractivity (Wildman–Crippen MR) is 84.6 cm³/mol. The molecule has 116 valence electrons. The quantitative estimate of drug-likeness (QED) is 0.866. The minimum absolute atomic E-state index is 0. The van der Waals surface area contributed by atoms with Gasteiger partial charge < -0.3 is 15.2 Å². The zero-order chi connectivity index (χ0) is 12.8. The molecule has 0 spiro atoms. The van der Waals surface area contributed by atoms with E-state index in [2.05, 4.69) is 22.5 Å². The summed E-state index contributed by atoms with van der Waals surface area (Å²) >= 11 is 0. The molecule has 5 nitrogen and oxygen atoms in total. The first-order valence-corrected chi connectivity index (χ1v) is 6.61. The number of imidazole rings is 1. The number of hydrogen-bond acceptors (Lipinski definition) is 3. The van der Waals surface area contributed by atoms with E-state index < -0.39 is 0 Å². The van der Waals surface area contributed by atoms with E-state index in [-0.39, 0.29) is 36.1 Å². The molecule has 0 bridgehead atoms. The lowest BCUT2D eigenvalue weighted by Crippen LogP contribution is -2.45. The molecule has 2 rings (SSSR count). The van der Waals surface area contributed by atoms with Gasteiger partial charge in [0.05, 0.1) is 6.33 Å². The molecular formula is C13H24Cl2N4O. The van der Waals surface area contributed by atoms with Gasteiger partial charge in [-0.3, -0.25) is 4.79 Å². The average Bonchev–Trinajstić information content (AvgIpc) is 2.88. The van der Waals surface area contributed by atoms with Crippen molar-refractivity contribution in [1.82, 2.24) is 20.2 Å². The Bertz CT molecular complexity index is 378. The Morgan fingerprint density at radius 2 is 2.30 bits per heavy atom. The van der Waals surface area contributed by atoms with Crippen molar-refractivity contribution in [2.24, 2.45) is 5.41 Å². The predicted octanol–water partition coefficient (Wildman–Crippen LogP) is 1.62. The van der Waals surface area contributed by atoms with E-state index in [0.717, 1.165) is 19.6 Å². The van der Waals surface area contributed by atoms with E-state index in [1.807, 2.05) is 10.8 Å². The Kier molecular flexibility index (Phi) is 8.85. The minimum atomic E-state index is 0. The zero-order valence-electron chi connectivity index (χ0n) is 11.8. The van der Waals surface area contributed by atoms with Gasteiger partial charge >= 0.3 is 0 Å². The van der Waals surface area contributed by atoms with Crippen LogP contribution in [0.15, 0.2) is 18.7 Å². The lowest BCUT2D eigenvalue weighted by Gasteiger charge is -2.34. The fourth-order valence-electron chi connectivity index (χ4n) is 2.32. The van der Waals surface area contributed by atoms with Crippen LogP contribution in [0.4, 0.5) is 0 Å². The van der Waals surface area contributed by atoms with Crippen molar-refractivity contribution in [3.05, 3.63) is 18.7 Å². The third kappa shape index (κ3) is 6.11. The maximum absolute atomic E-state index is 11.8. The molecule has 2 heterocycles. The van der Waals surface area contributed by atoms with Crippen LogP contribution in [0, 0.1) is 5.41 Å². The molecule has 1 fully saturated rings. The van der Waals surface area contributed by atoms with Crippen LogP contribution >= 0.6 is 24.8 Å². The summed E-state index contributed by atoms with van der Waals surface area (Å²) < 4.78 is 1.92. The standard InChI is InChI=1S/C13H22N4O.2ClH/c1-13(4-2-5-14-9-13)10-16-12(18)3-7-17-8-6-15-11-17;;/h6,8,11,14H,2-5,7,9-10H2,1H3,(H,16,18);2*1H. The second kappa shape index (κ2) is 9.21. The molecule has 0 aliphatic carbocycles. The fraction of sp³-hybridized carbons (Fsp3) is 0.692. The first-order chi connectivity index (χ1) is 8.68. The number of nitrogens with one attached hydrogen (secondary N) is 2. The summed E-state index contributed by atoms with van der Waals surface area (Å²) in [6.45, 7) is 5.79. The monoisotopic (exact) mass is 322 g/mol. The van der Waals surface area contributed by atoms with Crippen molar-refractivity contribution in [3.8, 4) is 0 Å². The molecule has 1 aliphatic rings. The highest BCUT2D eigenvalue weighted by Crippen LogP contribution is 2.24. The van der Waals surface area contributed by atoms with Crippen molar-refractivity contribution in [1.29, 1.82) is 0 Å². The third-order valence-electron chi connectivity index (χ3n) is 3.55. The number of rotatable bonds is 5. The number of aryl methyl sites for hydroxylation is 1. The third-order valence-corrected chi connectivity index (χ3v) is 3.55. The Labute approximate surface area is 132 Å². The molecular weight excluding hydrogens is 299 g/mol. The molecule has 1 aliphatic heterocycles. The Hall–Kier alpha value is -0.780. The van der Waals surface area contributed by atoms with Crippen LogP contribution in [0.2, 0.25) is 0 Å². The molecule has 1 unspecified atom stereocenters. The number of aromatic nitrogens is 2. The SMILES string of the molecule is CC1(CNC(=O)CCn2ccnc2)CCCNC1.Cl.Cl. The molecule has 7 heteroatoms. The Morgan fingerprint density at radius 3 is 2.90 bits per heavy atom. The van der Waals surface area contributed by atoms with Crippen molar-refractivity contribution in [2.75, 3.05) is 19.6 Å². The lowest BCUT2D eigenvalue weighted by molar-refractivity contribution is -0.121. The summed E-state index contributed by atoms with van der Waals surface area (Å²) in [7, 11) is 0. The Morgan fingerprint density at radius 1 is 1.50 bits per heavy atom. The summed E-state index contributed by atoms with van der Waals surface area (Å²) in [6, 6.07) is 0. The highest BCUT2D eigenvalue weighted by atomic mass is 35.5. The van der Waals surface area contributed by atoms with Crippen LogP contribution in [0.3, 0.4) is 0 Å². The van der Waals surface area contributed by atoms with E-state index in [1.54, 1.807) is 12.5 Å². The molecule has 0 saturated carbocycles. The summed E-state index contributed by atoms with van der Waals surface area (Å²) in [5, 5.41) is 6.43. The number of piperidine rings is 1. The molecule has 1 saturated heterocycles. The lowest BCUT2D eigenvalue weighted by atomic mass is 9.83. The summed E-state index contributed by atoms with van der Waals surface area (Å²) in [6.07, 6.45) is 8.23. The van der Waals surface area contributed by atoms with Crippen molar-refractivity contribution >= 4 is 30.7 Å². The fourth-order valence-corrected chi connectivity index (χ4v) is 2.32. The topological polar surface area (TPSA) is 59.0 Å². The molecule has 1 amide bonds. The second-order valence-corrected chi connectivity index (χ2v) is 5.42. The van der Waals surface area contributed by atoms with Gasteiger partial charge in [-0.2, -0.15) is 0 Å². The number of carbonyl (C=O) groups is 1. The Balaban J connectivity index is 0.00000180. The van der Waals surface area contributed by atoms with E-state index in [1.165, 1.54) is 12.8 Å². The van der Waals surface area contributed by atoms with Crippen LogP contribution < -0.4 is 10.6 Å². The zero-order valence-corrected chi connectivity index (χ0v) is 13.4. The first-order valence-electron chi connectivity index (χ1n) is 6.61. The number of nitrogens with zero attached hydrogens (tertiary/aromatic N) is 2. The van der Waals surface area contributed by atoms with Gasteiger partial charge in [0.1, 0.15) is 0 Å². The van der Waals surface area contributed by atoms with Gasteiger partial charge in [-0.1, -0.05) is 6.92 Å². The highest BCUT2D eigenvalue weighted by molar-refractivity contribution is 5.85. The first kappa shape index (κ1) is 19.2. The molecule has 0 radical (unpaired) electrons. The van der Waals surface area contributed by atoms with E-state index in [9.17, 15) is 4.79 Å². The van der Waals surface area contributed by atoms with Crippen molar-refractivity contribution in [3.63, 3.8) is 0 Å². The van der Waals surface area contributed by atoms with Gasteiger partial charge in [0.2, 0.25) is 5.91 Å². The second-order valence-electron chi connectivity index (χ2n) is 5.42. The number of halogens is 2. The van der Waals surface area contributed by atoms with E-state index >= 15 is 0 Å². The van der Waals surface area contributed by atoms with Crippen LogP contribution in [-0.2, 0) is 11.3 Å². The van der Waals surface area contributed by atoms with Gasteiger partial charge in [0.15, 0.2) is 0 Å². The van der Waals surface area contributed by atoms with E-state index in [0.29, 0.717) is 13.0 Å². The van der Waals surface area contributed by atoms with Crippen molar-refractivity contribution in [2.45, 2.75) is 32.7 Å². The van der Waals surface area contributed by atoms with Crippen LogP contribution in [0.5, 0.6) is 0 Å². The van der Waals surface area contributed by atoms with Gasteiger partial charge in [-0.15, -0.1) is 24.8 Å². The molecule has 1 aromatic heterocycles. The van der Waals surface area contributed by atoms with Crippen LogP contribution in [0.1, 0.15) is 26.2 Å². The minimum Gasteiger partial charge on any atom is -0.355 e. The molecule has 2 N–H and O–H groups in total. The van der Waals surface area contributed by atoms with Gasteiger partial charge in [-0.25, -0.2) is 4.98 Å². The summed E-state index contributed by atoms with van der Waals surface area (Å²) in [4.78, 5) is 15.7. The maximum Gasteiger partial charge on any atom is 0.221 e. The van der Waals surface area contributed by atoms with Gasteiger partial charge in [-0.05, 0) is 24.8 Å². The van der Waals surface area contributed by atoms with Gasteiger partial charge in [0, 0.05) is 38.4 Å². The normalized spacial score (nSPS) is 21.4. The summed E-state index contributed by atoms with van der Waals surface area (Å²) in [5.74, 6) is 0.121. The number of amides is 1. The highest BCUT2D eigenvalue weighted by Gasteiger charge is 2.26. The van der Waals surface area contributed by atoms with Crippen LogP contribution in [0.25, 0.3) is 0 Å². The molecule has 20 heavy (non-hydrogen) atoms. The van der Waals surface area contributed by atoms with Crippen LogP contribution in [-0.4, -0.2) is 35.1 Å². The smallest absolute Gasteiger partial charge is 0.221 e. The summed E-state index contributed by atoms with van der Waals surface area (Å²) in [5.41, 5.74) is 0.211. The maximum atomic E-state index is 11.8. The van der Waals surface area contributed by atoms with E-state index in [4.69, 9.17) is 0 Å². The van der Waals surface area contributed by atoms with Crippen molar-refractivity contribution < 1.29 is 4.79 Å². The average molecular weight is 323 g/mol. The van der Waals surface area contributed by atoms with Gasteiger partial charge in [0.25, 0.3) is 0 Å². The number of hydrogen-bond donors (Lipinski definition) is 2. The molecule has 0 aromatic carbocycles. The number of carbonyl (C=O) groups excluding carboxylic acids is 1. The molecule has 1 aromatic rings. The largest absolute Gasteiger partial charge is 0.355 e. The molecule has 1 atom stereocenters.